The molecule has 2 aliphatic heterocycles. The number of nitrogens with zero attached hydrogens (tertiary/aromatic N) is 3. The van der Waals surface area contributed by atoms with E-state index in [-0.39, 0.29) is 11.6 Å². The van der Waals surface area contributed by atoms with Crippen LogP contribution in [0.1, 0.15) is 45.6 Å². The van der Waals surface area contributed by atoms with E-state index in [1.165, 1.54) is 12.8 Å². The molecule has 1 aromatic heterocycles. The fourth-order valence-electron chi connectivity index (χ4n) is 3.58. The van der Waals surface area contributed by atoms with Crippen LogP contribution in [0.15, 0.2) is 17.2 Å². The Balaban J connectivity index is 1.85. The minimum atomic E-state index is 0.0240. The standard InChI is InChI=1S/C15H24N4O/c1-10(2)19-7-6-16-14(15(19)20)18(3)13-8-11-4-5-12(9-13)17-11/h6-7,10-13,17H,4-5,8-9H2,1-3H3. The van der Waals surface area contributed by atoms with Crippen molar-refractivity contribution in [2.75, 3.05) is 11.9 Å². The number of anilines is 1. The predicted octanol–water partition coefficient (Wildman–Crippen LogP) is 1.54. The van der Waals surface area contributed by atoms with Gasteiger partial charge in [0, 0.05) is 43.6 Å². The summed E-state index contributed by atoms with van der Waals surface area (Å²) in [6.07, 6.45) is 8.29. The van der Waals surface area contributed by atoms with Crippen LogP contribution in [0.2, 0.25) is 0 Å². The van der Waals surface area contributed by atoms with Crippen molar-refractivity contribution in [3.8, 4) is 0 Å². The van der Waals surface area contributed by atoms with Gasteiger partial charge >= 0.3 is 0 Å². The van der Waals surface area contributed by atoms with Crippen LogP contribution >= 0.6 is 0 Å². The number of rotatable bonds is 3. The molecule has 0 aromatic carbocycles. The van der Waals surface area contributed by atoms with Crippen molar-refractivity contribution in [3.63, 3.8) is 0 Å². The summed E-state index contributed by atoms with van der Waals surface area (Å²) in [4.78, 5) is 19.0. The Labute approximate surface area is 120 Å². The van der Waals surface area contributed by atoms with E-state index in [2.05, 4.69) is 15.2 Å². The van der Waals surface area contributed by atoms with E-state index in [1.807, 2.05) is 20.9 Å². The SMILES string of the molecule is CC(C)n1ccnc(N(C)C2CC3CCC(C2)N3)c1=O. The average Bonchev–Trinajstić information content (AvgIpc) is 2.76. The molecule has 0 radical (unpaired) electrons. The molecule has 0 aliphatic carbocycles. The summed E-state index contributed by atoms with van der Waals surface area (Å²) in [5.41, 5.74) is 0.0240. The van der Waals surface area contributed by atoms with Crippen molar-refractivity contribution in [1.82, 2.24) is 14.9 Å². The van der Waals surface area contributed by atoms with Crippen molar-refractivity contribution in [2.45, 2.75) is 63.7 Å². The van der Waals surface area contributed by atoms with E-state index in [0.29, 0.717) is 23.9 Å². The minimum Gasteiger partial charge on any atom is -0.352 e. The van der Waals surface area contributed by atoms with Gasteiger partial charge < -0.3 is 14.8 Å². The topological polar surface area (TPSA) is 50.2 Å². The van der Waals surface area contributed by atoms with Crippen LogP contribution < -0.4 is 15.8 Å². The number of piperidine rings is 1. The quantitative estimate of drug-likeness (QED) is 0.910. The number of aromatic nitrogens is 2. The first-order valence-corrected chi connectivity index (χ1v) is 7.62. The van der Waals surface area contributed by atoms with Crippen LogP contribution in [0.25, 0.3) is 0 Å². The molecule has 2 bridgehead atoms. The summed E-state index contributed by atoms with van der Waals surface area (Å²) in [6.45, 7) is 4.05. The Bertz CT molecular complexity index is 527. The molecule has 5 nitrogen and oxygen atoms in total. The highest BCUT2D eigenvalue weighted by molar-refractivity contribution is 5.36. The van der Waals surface area contributed by atoms with E-state index in [9.17, 15) is 4.79 Å². The van der Waals surface area contributed by atoms with Gasteiger partial charge in [-0.1, -0.05) is 0 Å². The van der Waals surface area contributed by atoms with Gasteiger partial charge in [0.2, 0.25) is 0 Å². The number of hydrogen-bond donors (Lipinski definition) is 1. The first-order chi connectivity index (χ1) is 9.56. The molecule has 1 N–H and O–H groups in total. The van der Waals surface area contributed by atoms with E-state index in [1.54, 1.807) is 17.0 Å². The molecule has 2 unspecified atom stereocenters. The molecule has 2 fully saturated rings. The molecule has 3 rings (SSSR count). The molecule has 2 aliphatic rings. The Morgan fingerprint density at radius 2 is 2.00 bits per heavy atom. The molecule has 2 atom stereocenters. The van der Waals surface area contributed by atoms with Crippen molar-refractivity contribution < 1.29 is 0 Å². The lowest BCUT2D eigenvalue weighted by Gasteiger charge is -2.36. The lowest BCUT2D eigenvalue weighted by atomic mass is 9.98. The number of fused-ring (bicyclic) bond motifs is 2. The van der Waals surface area contributed by atoms with E-state index < -0.39 is 0 Å². The van der Waals surface area contributed by atoms with Gasteiger partial charge in [-0.15, -0.1) is 0 Å². The molecular formula is C15H24N4O. The molecule has 3 heterocycles. The average molecular weight is 276 g/mol. The minimum absolute atomic E-state index is 0.0240. The molecule has 1 aromatic rings. The maximum absolute atomic E-state index is 12.5. The zero-order valence-corrected chi connectivity index (χ0v) is 12.5. The van der Waals surface area contributed by atoms with Gasteiger partial charge in [0.05, 0.1) is 0 Å². The highest BCUT2D eigenvalue weighted by Crippen LogP contribution is 2.30. The van der Waals surface area contributed by atoms with Crippen molar-refractivity contribution in [1.29, 1.82) is 0 Å². The lowest BCUT2D eigenvalue weighted by Crippen LogP contribution is -2.48. The van der Waals surface area contributed by atoms with Gasteiger partial charge in [0.1, 0.15) is 0 Å². The molecule has 0 saturated carbocycles. The zero-order valence-electron chi connectivity index (χ0n) is 12.5. The van der Waals surface area contributed by atoms with E-state index in [0.717, 1.165) is 12.8 Å². The van der Waals surface area contributed by atoms with Crippen LogP contribution in [-0.2, 0) is 0 Å². The smallest absolute Gasteiger partial charge is 0.293 e. The van der Waals surface area contributed by atoms with E-state index in [4.69, 9.17) is 0 Å². The molecule has 0 amide bonds. The second kappa shape index (κ2) is 5.20. The third-order valence-corrected chi connectivity index (χ3v) is 4.74. The van der Waals surface area contributed by atoms with Crippen molar-refractivity contribution in [2.24, 2.45) is 0 Å². The Morgan fingerprint density at radius 1 is 1.35 bits per heavy atom. The van der Waals surface area contributed by atoms with Crippen molar-refractivity contribution >= 4 is 5.82 Å². The maximum atomic E-state index is 12.5. The second-order valence-corrected chi connectivity index (χ2v) is 6.43. The fraction of sp³-hybridized carbons (Fsp3) is 0.733. The Morgan fingerprint density at radius 3 is 2.60 bits per heavy atom. The summed E-state index contributed by atoms with van der Waals surface area (Å²) in [5.74, 6) is 0.590. The summed E-state index contributed by atoms with van der Waals surface area (Å²) in [7, 11) is 2.02. The first kappa shape index (κ1) is 13.6. The third kappa shape index (κ3) is 2.35. The molecule has 0 spiro atoms. The van der Waals surface area contributed by atoms with Crippen LogP contribution in [-0.4, -0.2) is 34.7 Å². The van der Waals surface area contributed by atoms with Gasteiger partial charge in [-0.2, -0.15) is 0 Å². The lowest BCUT2D eigenvalue weighted by molar-refractivity contribution is 0.353. The zero-order chi connectivity index (χ0) is 14.3. The normalized spacial score (nSPS) is 28.9. The third-order valence-electron chi connectivity index (χ3n) is 4.74. The van der Waals surface area contributed by atoms with Crippen LogP contribution in [0, 0.1) is 0 Å². The van der Waals surface area contributed by atoms with Crippen LogP contribution in [0.3, 0.4) is 0 Å². The fourth-order valence-corrected chi connectivity index (χ4v) is 3.58. The summed E-state index contributed by atoms with van der Waals surface area (Å²) in [5, 5.41) is 3.64. The molecule has 2 saturated heterocycles. The van der Waals surface area contributed by atoms with Gasteiger partial charge in [-0.25, -0.2) is 4.98 Å². The first-order valence-electron chi connectivity index (χ1n) is 7.62. The van der Waals surface area contributed by atoms with Crippen molar-refractivity contribution in [3.05, 3.63) is 22.7 Å². The monoisotopic (exact) mass is 276 g/mol. The summed E-state index contributed by atoms with van der Waals surface area (Å²) < 4.78 is 1.76. The highest BCUT2D eigenvalue weighted by Gasteiger charge is 2.36. The van der Waals surface area contributed by atoms with E-state index >= 15 is 0 Å². The number of hydrogen-bond acceptors (Lipinski definition) is 4. The Kier molecular flexibility index (Phi) is 3.54. The number of nitrogens with one attached hydrogen (secondary N) is 1. The van der Waals surface area contributed by atoms with Crippen LogP contribution in [0.4, 0.5) is 5.82 Å². The summed E-state index contributed by atoms with van der Waals surface area (Å²) in [6, 6.07) is 1.84. The molecule has 110 valence electrons. The summed E-state index contributed by atoms with van der Waals surface area (Å²) >= 11 is 0. The van der Waals surface area contributed by atoms with Crippen LogP contribution in [0.5, 0.6) is 0 Å². The highest BCUT2D eigenvalue weighted by atomic mass is 16.1. The second-order valence-electron chi connectivity index (χ2n) is 6.43. The maximum Gasteiger partial charge on any atom is 0.293 e. The predicted molar refractivity (Wildman–Crippen MR) is 80.3 cm³/mol. The van der Waals surface area contributed by atoms with Gasteiger partial charge in [-0.3, -0.25) is 4.79 Å². The van der Waals surface area contributed by atoms with Gasteiger partial charge in [-0.05, 0) is 39.5 Å². The Hall–Kier alpha value is -1.36. The molecule has 5 heteroatoms. The van der Waals surface area contributed by atoms with Gasteiger partial charge in [0.15, 0.2) is 5.82 Å². The largest absolute Gasteiger partial charge is 0.352 e. The van der Waals surface area contributed by atoms with Gasteiger partial charge in [0.25, 0.3) is 5.56 Å². The molecular weight excluding hydrogens is 252 g/mol. The molecule has 20 heavy (non-hydrogen) atoms.